The van der Waals surface area contributed by atoms with Crippen molar-refractivity contribution in [2.24, 2.45) is 34.5 Å². The average molecular weight is 483 g/mol. The number of furan rings is 1. The van der Waals surface area contributed by atoms with Gasteiger partial charge in [-0.15, -0.1) is 0 Å². The van der Waals surface area contributed by atoms with Crippen LogP contribution in [0.25, 0.3) is 0 Å². The molecule has 5 rings (SSSR count). The predicted octanol–water partition coefficient (Wildman–Crippen LogP) is 4.70. The van der Waals surface area contributed by atoms with Crippen LogP contribution in [0, 0.1) is 34.5 Å². The highest BCUT2D eigenvalue weighted by molar-refractivity contribution is 5.94. The highest BCUT2D eigenvalue weighted by Gasteiger charge is 2.65. The number of esters is 2. The summed E-state index contributed by atoms with van der Waals surface area (Å²) in [4.78, 5) is 50.0. The van der Waals surface area contributed by atoms with Crippen LogP contribution in [-0.2, 0) is 23.9 Å². The fraction of sp³-hybridized carbons (Fsp3) is 0.643. The highest BCUT2D eigenvalue weighted by Crippen LogP contribution is 2.67. The largest absolute Gasteiger partial charge is 0.457 e. The van der Waals surface area contributed by atoms with Crippen LogP contribution in [0.4, 0.5) is 0 Å². The number of fused-ring (bicyclic) bond motifs is 5. The molecular formula is C28H34O7. The number of carbonyl (C=O) groups is 4. The molecule has 35 heavy (non-hydrogen) atoms. The molecule has 0 amide bonds. The Bertz CT molecular complexity index is 1070. The molecule has 7 atom stereocenters. The maximum Gasteiger partial charge on any atom is 0.374 e. The molecule has 7 heteroatoms. The molecule has 0 aromatic carbocycles. The van der Waals surface area contributed by atoms with Gasteiger partial charge in [-0.2, -0.15) is 0 Å². The van der Waals surface area contributed by atoms with E-state index in [1.807, 2.05) is 0 Å². The van der Waals surface area contributed by atoms with Gasteiger partial charge in [-0.1, -0.05) is 19.9 Å². The van der Waals surface area contributed by atoms with Crippen LogP contribution in [0.5, 0.6) is 0 Å². The van der Waals surface area contributed by atoms with Crippen molar-refractivity contribution >= 4 is 23.5 Å². The minimum atomic E-state index is -1.29. The van der Waals surface area contributed by atoms with Crippen LogP contribution in [-0.4, -0.2) is 35.7 Å². The van der Waals surface area contributed by atoms with Gasteiger partial charge in [0.05, 0.1) is 6.26 Å². The van der Waals surface area contributed by atoms with Gasteiger partial charge in [0, 0.05) is 19.8 Å². The van der Waals surface area contributed by atoms with E-state index < -0.39 is 24.1 Å². The number of ether oxygens (including phenoxy) is 2. The van der Waals surface area contributed by atoms with Gasteiger partial charge in [0.15, 0.2) is 18.0 Å². The normalized spacial score (nSPS) is 39.8. The molecule has 1 aromatic heterocycles. The van der Waals surface area contributed by atoms with Crippen LogP contribution in [0.3, 0.4) is 0 Å². The van der Waals surface area contributed by atoms with Crippen LogP contribution >= 0.6 is 0 Å². The van der Waals surface area contributed by atoms with Gasteiger partial charge in [-0.05, 0) is 84.8 Å². The molecule has 0 spiro atoms. The fourth-order valence-corrected chi connectivity index (χ4v) is 8.15. The Labute approximate surface area is 205 Å². The summed E-state index contributed by atoms with van der Waals surface area (Å²) in [6, 6.07) is 3.05. The third kappa shape index (κ3) is 3.97. The minimum Gasteiger partial charge on any atom is -0.457 e. The first-order valence-corrected chi connectivity index (χ1v) is 12.7. The fourth-order valence-electron chi connectivity index (χ4n) is 8.15. The lowest BCUT2D eigenvalue weighted by atomic mass is 9.46. The topological polar surface area (TPSA) is 99.9 Å². The first kappa shape index (κ1) is 24.0. The Hall–Kier alpha value is -2.70. The van der Waals surface area contributed by atoms with Crippen molar-refractivity contribution in [1.82, 2.24) is 0 Å². The molecule has 4 aliphatic carbocycles. The van der Waals surface area contributed by atoms with E-state index in [4.69, 9.17) is 13.9 Å². The lowest BCUT2D eigenvalue weighted by molar-refractivity contribution is -0.168. The standard InChI is InChI=1S/C28H34O7/c1-17(29)35-28(24(31)15-34-25(32)23-5-4-12-33-23)13-18-6-8-20-21-9-7-19(30)14-26(21,2)11-10-22(20)27(18,3)16-28/h4-5,7,9,12,18,20-22H,6,8,10-11,13-16H2,1-3H3. The second-order valence-corrected chi connectivity index (χ2v) is 11.7. The van der Waals surface area contributed by atoms with Crippen LogP contribution in [0.2, 0.25) is 0 Å². The molecule has 3 fully saturated rings. The maximum absolute atomic E-state index is 13.5. The summed E-state index contributed by atoms with van der Waals surface area (Å²) in [6.45, 7) is 5.36. The lowest BCUT2D eigenvalue weighted by Gasteiger charge is -2.58. The van der Waals surface area contributed by atoms with Gasteiger partial charge >= 0.3 is 11.9 Å². The summed E-state index contributed by atoms with van der Waals surface area (Å²) in [6.07, 6.45) is 10.7. The molecule has 3 saturated carbocycles. The van der Waals surface area contributed by atoms with Crippen molar-refractivity contribution in [2.45, 2.75) is 71.3 Å². The van der Waals surface area contributed by atoms with Gasteiger partial charge < -0.3 is 13.9 Å². The van der Waals surface area contributed by atoms with E-state index in [0.29, 0.717) is 37.0 Å². The van der Waals surface area contributed by atoms with Gasteiger partial charge in [-0.3, -0.25) is 14.4 Å². The second kappa shape index (κ2) is 8.45. The summed E-state index contributed by atoms with van der Waals surface area (Å²) in [5, 5.41) is 0. The SMILES string of the molecule is CC(=O)OC1(C(=O)COC(=O)c2ccco2)CC2CCC3C4C=CC(=O)CC4(C)CCC3C2(C)C1. The first-order chi connectivity index (χ1) is 16.6. The van der Waals surface area contributed by atoms with Crippen molar-refractivity contribution in [1.29, 1.82) is 0 Å². The van der Waals surface area contributed by atoms with Crippen LogP contribution in [0.1, 0.15) is 76.3 Å². The van der Waals surface area contributed by atoms with E-state index in [-0.39, 0.29) is 34.1 Å². The van der Waals surface area contributed by atoms with E-state index in [1.54, 1.807) is 12.1 Å². The zero-order valence-corrected chi connectivity index (χ0v) is 20.7. The number of hydrogen-bond donors (Lipinski definition) is 0. The van der Waals surface area contributed by atoms with E-state index in [1.165, 1.54) is 19.3 Å². The summed E-state index contributed by atoms with van der Waals surface area (Å²) in [5.41, 5.74) is -1.46. The second-order valence-electron chi connectivity index (χ2n) is 11.7. The Morgan fingerprint density at radius 1 is 1.17 bits per heavy atom. The molecule has 4 aliphatic rings. The zero-order valence-electron chi connectivity index (χ0n) is 20.7. The molecule has 0 saturated heterocycles. The highest BCUT2D eigenvalue weighted by atomic mass is 16.6. The van der Waals surface area contributed by atoms with Crippen molar-refractivity contribution in [2.75, 3.05) is 6.61 Å². The third-order valence-electron chi connectivity index (χ3n) is 9.65. The van der Waals surface area contributed by atoms with Crippen molar-refractivity contribution in [3.63, 3.8) is 0 Å². The Kier molecular flexibility index (Phi) is 5.80. The van der Waals surface area contributed by atoms with Crippen LogP contribution in [0.15, 0.2) is 35.0 Å². The predicted molar refractivity (Wildman–Crippen MR) is 125 cm³/mol. The van der Waals surface area contributed by atoms with E-state index in [9.17, 15) is 19.2 Å². The molecule has 1 aromatic rings. The maximum atomic E-state index is 13.5. The Morgan fingerprint density at radius 3 is 2.69 bits per heavy atom. The molecule has 7 unspecified atom stereocenters. The van der Waals surface area contributed by atoms with Crippen molar-refractivity contribution in [3.05, 3.63) is 36.3 Å². The minimum absolute atomic E-state index is 0.00233. The molecule has 0 aliphatic heterocycles. The third-order valence-corrected chi connectivity index (χ3v) is 9.65. The Morgan fingerprint density at radius 2 is 1.97 bits per heavy atom. The van der Waals surface area contributed by atoms with Crippen LogP contribution < -0.4 is 0 Å². The number of Topliss-reactive ketones (excluding diaryl/α,β-unsaturated/α-hetero) is 1. The average Bonchev–Trinajstić information content (AvgIpc) is 3.42. The van der Waals surface area contributed by atoms with E-state index in [2.05, 4.69) is 19.9 Å². The van der Waals surface area contributed by atoms with Crippen molar-refractivity contribution in [3.8, 4) is 0 Å². The Balaban J connectivity index is 1.38. The molecule has 7 nitrogen and oxygen atoms in total. The molecule has 188 valence electrons. The molecule has 0 N–H and O–H groups in total. The summed E-state index contributed by atoms with van der Waals surface area (Å²) >= 11 is 0. The first-order valence-electron chi connectivity index (χ1n) is 12.7. The summed E-state index contributed by atoms with van der Waals surface area (Å²) in [7, 11) is 0. The molecular weight excluding hydrogens is 448 g/mol. The molecule has 0 radical (unpaired) electrons. The number of carbonyl (C=O) groups excluding carboxylic acids is 4. The number of ketones is 2. The number of rotatable bonds is 5. The smallest absolute Gasteiger partial charge is 0.374 e. The zero-order chi connectivity index (χ0) is 25.0. The summed E-state index contributed by atoms with van der Waals surface area (Å²) < 4.78 is 16.1. The lowest BCUT2D eigenvalue weighted by Crippen LogP contribution is -2.52. The summed E-state index contributed by atoms with van der Waals surface area (Å²) in [5.74, 6) is 0.0746. The van der Waals surface area contributed by atoms with Gasteiger partial charge in [0.2, 0.25) is 11.5 Å². The quantitative estimate of drug-likeness (QED) is 0.561. The number of allylic oxidation sites excluding steroid dienone is 2. The van der Waals surface area contributed by atoms with E-state index in [0.717, 1.165) is 25.7 Å². The van der Waals surface area contributed by atoms with Gasteiger partial charge in [0.25, 0.3) is 0 Å². The monoisotopic (exact) mass is 482 g/mol. The van der Waals surface area contributed by atoms with Gasteiger partial charge in [-0.25, -0.2) is 4.79 Å². The van der Waals surface area contributed by atoms with Gasteiger partial charge in [0.1, 0.15) is 0 Å². The van der Waals surface area contributed by atoms with Crippen molar-refractivity contribution < 1.29 is 33.1 Å². The molecule has 1 heterocycles. The molecule has 0 bridgehead atoms. The van der Waals surface area contributed by atoms with E-state index >= 15 is 0 Å². The number of hydrogen-bond acceptors (Lipinski definition) is 7.